The van der Waals surface area contributed by atoms with E-state index in [4.69, 9.17) is 37.0 Å². The van der Waals surface area contributed by atoms with Gasteiger partial charge in [-0.3, -0.25) is 37.3 Å². The van der Waals surface area contributed by atoms with Gasteiger partial charge in [0.2, 0.25) is 0 Å². The molecule has 528 valence electrons. The molecule has 0 fully saturated rings. The minimum Gasteiger partial charge on any atom is -0.462 e. The monoisotopic (exact) mass is 1310 g/mol. The van der Waals surface area contributed by atoms with Crippen LogP contribution in [0.3, 0.4) is 0 Å². The van der Waals surface area contributed by atoms with E-state index in [1.807, 2.05) is 0 Å². The third kappa shape index (κ3) is 64.6. The topological polar surface area (TPSA) is 237 Å². The van der Waals surface area contributed by atoms with Crippen LogP contribution in [0, 0.1) is 23.7 Å². The Morgan fingerprint density at radius 2 is 0.472 bits per heavy atom. The molecule has 0 saturated carbocycles. The van der Waals surface area contributed by atoms with Crippen LogP contribution in [0.5, 0.6) is 0 Å². The zero-order chi connectivity index (χ0) is 66.1. The van der Waals surface area contributed by atoms with E-state index in [-0.39, 0.29) is 25.7 Å². The van der Waals surface area contributed by atoms with Gasteiger partial charge in [0.15, 0.2) is 12.2 Å². The predicted octanol–water partition coefficient (Wildman–Crippen LogP) is 19.7. The van der Waals surface area contributed by atoms with Gasteiger partial charge >= 0.3 is 39.5 Å². The maximum absolute atomic E-state index is 13.0. The summed E-state index contributed by atoms with van der Waals surface area (Å²) in [5.74, 6) is 0.794. The van der Waals surface area contributed by atoms with Crippen LogP contribution >= 0.6 is 15.6 Å². The lowest BCUT2D eigenvalue weighted by atomic mass is 10.0. The molecule has 17 nitrogen and oxygen atoms in total. The van der Waals surface area contributed by atoms with E-state index < -0.39 is 97.5 Å². The molecule has 0 radical (unpaired) electrons. The molecule has 0 aromatic heterocycles. The highest BCUT2D eigenvalue weighted by atomic mass is 31.2. The number of aliphatic hydroxyl groups is 1. The lowest BCUT2D eigenvalue weighted by Crippen LogP contribution is -2.30. The maximum atomic E-state index is 13.0. The highest BCUT2D eigenvalue weighted by Gasteiger charge is 2.30. The first kappa shape index (κ1) is 87.1. The number of ether oxygens (including phenoxy) is 4. The molecule has 0 saturated heterocycles. The van der Waals surface area contributed by atoms with Crippen LogP contribution in [0.25, 0.3) is 0 Å². The van der Waals surface area contributed by atoms with Gasteiger partial charge in [0.1, 0.15) is 19.3 Å². The summed E-state index contributed by atoms with van der Waals surface area (Å²) in [7, 11) is -9.90. The number of hydrogen-bond donors (Lipinski definition) is 3. The number of hydrogen-bond acceptors (Lipinski definition) is 15. The van der Waals surface area contributed by atoms with Crippen LogP contribution in [-0.4, -0.2) is 96.7 Å². The number of carbonyl (C=O) groups excluding carboxylic acids is 4. The number of phosphoric ester groups is 2. The minimum absolute atomic E-state index is 0.101. The van der Waals surface area contributed by atoms with Gasteiger partial charge in [0, 0.05) is 25.7 Å². The van der Waals surface area contributed by atoms with Gasteiger partial charge in [-0.15, -0.1) is 0 Å². The van der Waals surface area contributed by atoms with Crippen LogP contribution in [0.1, 0.15) is 344 Å². The van der Waals surface area contributed by atoms with E-state index in [0.29, 0.717) is 37.5 Å². The van der Waals surface area contributed by atoms with Crippen molar-refractivity contribution in [2.24, 2.45) is 23.7 Å². The Labute approximate surface area is 543 Å². The number of phosphoric acid groups is 2. The van der Waals surface area contributed by atoms with E-state index in [0.717, 1.165) is 108 Å². The summed E-state index contributed by atoms with van der Waals surface area (Å²) in [6.45, 7) is 14.0. The fraction of sp³-hybridized carbons (Fsp3) is 0.943. The summed E-state index contributed by atoms with van der Waals surface area (Å²) >= 11 is 0. The lowest BCUT2D eigenvalue weighted by Gasteiger charge is -2.21. The van der Waals surface area contributed by atoms with E-state index in [9.17, 15) is 43.2 Å². The second-order valence-electron chi connectivity index (χ2n) is 27.2. The highest BCUT2D eigenvalue weighted by Crippen LogP contribution is 2.45. The van der Waals surface area contributed by atoms with Gasteiger partial charge < -0.3 is 33.8 Å². The van der Waals surface area contributed by atoms with Gasteiger partial charge in [0.05, 0.1) is 26.4 Å². The average molecular weight is 1310 g/mol. The first-order valence-electron chi connectivity index (χ1n) is 36.2. The van der Waals surface area contributed by atoms with E-state index >= 15 is 0 Å². The number of aliphatic hydroxyl groups excluding tert-OH is 1. The minimum atomic E-state index is -4.95. The van der Waals surface area contributed by atoms with Crippen LogP contribution in [-0.2, 0) is 65.4 Å². The molecule has 19 heteroatoms. The number of esters is 4. The van der Waals surface area contributed by atoms with Gasteiger partial charge in [-0.05, 0) is 49.4 Å². The second-order valence-corrected chi connectivity index (χ2v) is 30.1. The molecule has 89 heavy (non-hydrogen) atoms. The van der Waals surface area contributed by atoms with Crippen molar-refractivity contribution in [3.05, 3.63) is 0 Å². The van der Waals surface area contributed by atoms with Crippen molar-refractivity contribution in [2.75, 3.05) is 39.6 Å². The molecule has 0 bridgehead atoms. The molecule has 0 amide bonds. The van der Waals surface area contributed by atoms with E-state index in [1.165, 1.54) is 141 Å². The van der Waals surface area contributed by atoms with Gasteiger partial charge in [-0.25, -0.2) is 9.13 Å². The van der Waals surface area contributed by atoms with Crippen molar-refractivity contribution in [1.82, 2.24) is 0 Å². The largest absolute Gasteiger partial charge is 0.472 e. The zero-order valence-electron chi connectivity index (χ0n) is 58.1. The Kier molecular flexibility index (Phi) is 58.5. The van der Waals surface area contributed by atoms with Gasteiger partial charge in [0.25, 0.3) is 0 Å². The Hall–Kier alpha value is -1.94. The van der Waals surface area contributed by atoms with Crippen LogP contribution in [0.4, 0.5) is 0 Å². The zero-order valence-corrected chi connectivity index (χ0v) is 59.8. The van der Waals surface area contributed by atoms with Gasteiger partial charge in [-0.1, -0.05) is 293 Å². The van der Waals surface area contributed by atoms with Crippen LogP contribution < -0.4 is 0 Å². The fourth-order valence-electron chi connectivity index (χ4n) is 10.5. The first-order valence-corrected chi connectivity index (χ1v) is 39.2. The molecule has 3 unspecified atom stereocenters. The van der Waals surface area contributed by atoms with Crippen molar-refractivity contribution >= 4 is 39.5 Å². The summed E-state index contributed by atoms with van der Waals surface area (Å²) in [6.07, 6.45) is 42.0. The molecule has 0 aliphatic heterocycles. The predicted molar refractivity (Wildman–Crippen MR) is 358 cm³/mol. The Morgan fingerprint density at radius 1 is 0.281 bits per heavy atom. The van der Waals surface area contributed by atoms with Crippen molar-refractivity contribution in [1.29, 1.82) is 0 Å². The number of carbonyl (C=O) groups is 4. The molecule has 3 N–H and O–H groups in total. The third-order valence-electron chi connectivity index (χ3n) is 16.1. The summed E-state index contributed by atoms with van der Waals surface area (Å²) in [5.41, 5.74) is 0. The highest BCUT2D eigenvalue weighted by molar-refractivity contribution is 7.47. The summed E-state index contributed by atoms with van der Waals surface area (Å²) in [4.78, 5) is 72.5. The van der Waals surface area contributed by atoms with Gasteiger partial charge in [-0.2, -0.15) is 0 Å². The maximum Gasteiger partial charge on any atom is 0.472 e. The second kappa shape index (κ2) is 59.8. The molecule has 5 atom stereocenters. The van der Waals surface area contributed by atoms with E-state index in [2.05, 4.69) is 55.4 Å². The fourth-order valence-corrected chi connectivity index (χ4v) is 12.1. The molecule has 0 rings (SSSR count). The number of unbranched alkanes of at least 4 members (excludes halogenated alkanes) is 33. The average Bonchev–Trinajstić information content (AvgIpc) is 3.61. The summed E-state index contributed by atoms with van der Waals surface area (Å²) in [6, 6.07) is 0. The van der Waals surface area contributed by atoms with Crippen molar-refractivity contribution < 1.29 is 80.2 Å². The molecule has 0 aliphatic carbocycles. The smallest absolute Gasteiger partial charge is 0.462 e. The standard InChI is InChI=1S/C70H136O17P2/c1-60(2)46-38-30-22-17-13-11-9-10-12-14-20-26-36-44-52-69(74)86-65(56-81-68(73)51-43-35-27-21-24-32-40-48-62(5)6)58-84-88(76,77)82-54-64(71)55-83-89(78,79)85-59-66(87-70(75)53-45-37-29-28-33-41-49-63(7)8)57-80-67(72)50-42-34-25-19-16-15-18-23-31-39-47-61(3)4/h60-66,71H,9-59H2,1-8H3,(H,76,77)(H,78,79)/t64?,65-,66-/m1/s1. The first-order chi connectivity index (χ1) is 42.6. The van der Waals surface area contributed by atoms with Crippen molar-refractivity contribution in [2.45, 2.75) is 363 Å². The molecule has 0 aliphatic rings. The normalized spacial score (nSPS) is 14.3. The Bertz CT molecular complexity index is 1760. The van der Waals surface area contributed by atoms with Crippen LogP contribution in [0.15, 0.2) is 0 Å². The number of rotatable bonds is 67. The Morgan fingerprint density at radius 3 is 0.697 bits per heavy atom. The molecular formula is C70H136O17P2. The molecule has 0 aromatic rings. The molecule has 0 aromatic carbocycles. The van der Waals surface area contributed by atoms with E-state index in [1.54, 1.807) is 0 Å². The van der Waals surface area contributed by atoms with Crippen molar-refractivity contribution in [3.8, 4) is 0 Å². The Balaban J connectivity index is 5.21. The van der Waals surface area contributed by atoms with Crippen LogP contribution in [0.2, 0.25) is 0 Å². The molecule has 0 spiro atoms. The SMILES string of the molecule is CC(C)CCCCCCCCCCCCCCCCC(=O)O[C@H](COC(=O)CCCCCCCCCC(C)C)COP(=O)(O)OCC(O)COP(=O)(O)OC[C@@H](COC(=O)CCCCCCCCCCCCC(C)C)OC(=O)CCCCCCCCC(C)C. The third-order valence-corrected chi connectivity index (χ3v) is 18.0. The quantitative estimate of drug-likeness (QED) is 0.0222. The molecule has 0 heterocycles. The lowest BCUT2D eigenvalue weighted by molar-refractivity contribution is -0.161. The van der Waals surface area contributed by atoms with Crippen molar-refractivity contribution in [3.63, 3.8) is 0 Å². The molecular weight excluding hydrogens is 1170 g/mol. The summed E-state index contributed by atoms with van der Waals surface area (Å²) < 4.78 is 68.2. The summed E-state index contributed by atoms with van der Waals surface area (Å²) in [5, 5.41) is 10.6.